The van der Waals surface area contributed by atoms with Crippen LogP contribution in [0.25, 0.3) is 0 Å². The summed E-state index contributed by atoms with van der Waals surface area (Å²) in [4.78, 5) is 0. The largest absolute Gasteiger partial charge is 0.489 e. The Bertz CT molecular complexity index is 1060. The Morgan fingerprint density at radius 1 is 0.914 bits per heavy atom. The minimum absolute atomic E-state index is 0.248. The summed E-state index contributed by atoms with van der Waals surface area (Å²) in [6.45, 7) is 1.63. The molecule has 5 unspecified atom stereocenters. The van der Waals surface area contributed by atoms with Gasteiger partial charge in [-0.05, 0) is 122 Å². The highest BCUT2D eigenvalue weighted by molar-refractivity contribution is 5.41. The lowest BCUT2D eigenvalue weighted by Gasteiger charge is -2.39. The molecule has 5 aliphatic rings. The SMILES string of the molecule is OCCCOC1C[C@@]12CCC1C3CCc4cc(OCc5ccccc5)ccc4C3CCC3(CC3)C12. The second kappa shape index (κ2) is 8.63. The molecule has 0 amide bonds. The van der Waals surface area contributed by atoms with Gasteiger partial charge in [0.2, 0.25) is 0 Å². The number of fused-ring (bicyclic) bond motifs is 7. The molecule has 0 aromatic heterocycles. The molecule has 2 spiro atoms. The van der Waals surface area contributed by atoms with Gasteiger partial charge in [-0.2, -0.15) is 0 Å². The Hall–Kier alpha value is -1.84. The van der Waals surface area contributed by atoms with E-state index in [4.69, 9.17) is 9.47 Å². The number of ether oxygens (including phenoxy) is 2. The lowest BCUT2D eigenvalue weighted by atomic mass is 9.65. The van der Waals surface area contributed by atoms with Crippen LogP contribution in [0.4, 0.5) is 0 Å². The van der Waals surface area contributed by atoms with E-state index in [0.717, 1.165) is 42.4 Å². The third kappa shape index (κ3) is 3.76. The van der Waals surface area contributed by atoms with Crippen LogP contribution in [0.3, 0.4) is 0 Å². The summed E-state index contributed by atoms with van der Waals surface area (Å²) >= 11 is 0. The second-order valence-electron chi connectivity index (χ2n) is 12.4. The molecule has 1 N–H and O–H groups in total. The van der Waals surface area contributed by atoms with Crippen LogP contribution in [0, 0.1) is 28.6 Å². The van der Waals surface area contributed by atoms with E-state index in [1.54, 1.807) is 11.1 Å². The van der Waals surface area contributed by atoms with Crippen LogP contribution < -0.4 is 4.74 Å². The first kappa shape index (κ1) is 22.4. The molecule has 3 nitrogen and oxygen atoms in total. The smallest absolute Gasteiger partial charge is 0.120 e. The zero-order valence-electron chi connectivity index (χ0n) is 21.0. The highest BCUT2D eigenvalue weighted by Crippen LogP contribution is 2.78. The molecule has 7 rings (SSSR count). The second-order valence-corrected chi connectivity index (χ2v) is 12.4. The Morgan fingerprint density at radius 3 is 2.63 bits per heavy atom. The molecule has 4 fully saturated rings. The molecule has 5 aliphatic carbocycles. The van der Waals surface area contributed by atoms with E-state index in [2.05, 4.69) is 48.5 Å². The Kier molecular flexibility index (Phi) is 5.51. The summed E-state index contributed by atoms with van der Waals surface area (Å²) in [7, 11) is 0. The highest BCUT2D eigenvalue weighted by Gasteiger charge is 2.73. The Balaban J connectivity index is 1.10. The van der Waals surface area contributed by atoms with E-state index in [9.17, 15) is 5.11 Å². The van der Waals surface area contributed by atoms with Crippen LogP contribution in [0.15, 0.2) is 48.5 Å². The zero-order valence-corrected chi connectivity index (χ0v) is 21.0. The van der Waals surface area contributed by atoms with Crippen molar-refractivity contribution in [1.29, 1.82) is 0 Å². The first-order valence-corrected chi connectivity index (χ1v) is 14.2. The molecule has 35 heavy (non-hydrogen) atoms. The quantitative estimate of drug-likeness (QED) is 0.458. The van der Waals surface area contributed by atoms with Gasteiger partial charge >= 0.3 is 0 Å². The van der Waals surface area contributed by atoms with E-state index in [0.29, 0.717) is 23.5 Å². The van der Waals surface area contributed by atoms with Gasteiger partial charge in [-0.1, -0.05) is 36.4 Å². The number of aliphatic hydroxyl groups is 1. The monoisotopic (exact) mass is 472 g/mol. The minimum atomic E-state index is 0.248. The van der Waals surface area contributed by atoms with Gasteiger partial charge < -0.3 is 14.6 Å². The van der Waals surface area contributed by atoms with Crippen molar-refractivity contribution in [3.05, 3.63) is 65.2 Å². The first-order chi connectivity index (χ1) is 17.2. The fourth-order valence-corrected chi connectivity index (χ4v) is 9.05. The van der Waals surface area contributed by atoms with E-state index >= 15 is 0 Å². The van der Waals surface area contributed by atoms with Crippen molar-refractivity contribution in [1.82, 2.24) is 0 Å². The van der Waals surface area contributed by atoms with Gasteiger partial charge in [0.05, 0.1) is 6.10 Å². The van der Waals surface area contributed by atoms with E-state index in [1.165, 1.54) is 63.4 Å². The highest BCUT2D eigenvalue weighted by atomic mass is 16.5. The van der Waals surface area contributed by atoms with Gasteiger partial charge in [0.15, 0.2) is 0 Å². The van der Waals surface area contributed by atoms with Crippen molar-refractivity contribution in [2.45, 2.75) is 82.8 Å². The van der Waals surface area contributed by atoms with Crippen LogP contribution >= 0.6 is 0 Å². The van der Waals surface area contributed by atoms with Crippen LogP contribution in [0.5, 0.6) is 5.75 Å². The zero-order chi connectivity index (χ0) is 23.5. The van der Waals surface area contributed by atoms with Gasteiger partial charge in [-0.15, -0.1) is 0 Å². The van der Waals surface area contributed by atoms with Gasteiger partial charge in [-0.3, -0.25) is 0 Å². The van der Waals surface area contributed by atoms with Crippen molar-refractivity contribution < 1.29 is 14.6 Å². The van der Waals surface area contributed by atoms with Gasteiger partial charge in [0.1, 0.15) is 12.4 Å². The average molecular weight is 473 g/mol. The molecule has 2 aromatic rings. The molecule has 2 aromatic carbocycles. The lowest BCUT2D eigenvalue weighted by Crippen LogP contribution is -2.33. The summed E-state index contributed by atoms with van der Waals surface area (Å²) in [5, 5.41) is 9.19. The third-order valence-corrected chi connectivity index (χ3v) is 10.7. The number of aryl methyl sites for hydroxylation is 1. The van der Waals surface area contributed by atoms with Crippen LogP contribution in [-0.2, 0) is 17.8 Å². The molecule has 4 saturated carbocycles. The summed E-state index contributed by atoms with van der Waals surface area (Å²) in [6.07, 6.45) is 13.6. The van der Waals surface area contributed by atoms with Crippen molar-refractivity contribution in [2.24, 2.45) is 28.6 Å². The van der Waals surface area contributed by atoms with Crippen molar-refractivity contribution in [2.75, 3.05) is 13.2 Å². The van der Waals surface area contributed by atoms with Crippen molar-refractivity contribution in [3.8, 4) is 5.75 Å². The van der Waals surface area contributed by atoms with E-state index in [-0.39, 0.29) is 6.61 Å². The number of hydrogen-bond acceptors (Lipinski definition) is 3. The number of rotatable bonds is 7. The number of benzene rings is 2. The molecule has 186 valence electrons. The van der Waals surface area contributed by atoms with Crippen molar-refractivity contribution in [3.63, 3.8) is 0 Å². The average Bonchev–Trinajstić information content (AvgIpc) is 3.79. The standard InChI is InChI=1S/C32H40O3/c33-17-4-18-34-29-20-32(29)14-12-28-26-9-7-23-19-24(35-21-22-5-2-1-3-6-22)8-10-25(23)27(26)11-13-31(15-16-31)30(28)32/h1-3,5-6,8,10,19,26-30,33H,4,7,9,11-18,20-21H2/t26?,27?,28?,29?,30?,32-/m0/s1. The normalized spacial score (nSPS) is 35.7. The first-order valence-electron chi connectivity index (χ1n) is 14.2. The molecule has 6 atom stereocenters. The fraction of sp³-hybridized carbons (Fsp3) is 0.625. The molecule has 0 radical (unpaired) electrons. The predicted molar refractivity (Wildman–Crippen MR) is 137 cm³/mol. The van der Waals surface area contributed by atoms with Gasteiger partial charge in [0, 0.05) is 18.6 Å². The van der Waals surface area contributed by atoms with Crippen LogP contribution in [0.1, 0.15) is 80.4 Å². The van der Waals surface area contributed by atoms with Gasteiger partial charge in [0.25, 0.3) is 0 Å². The lowest BCUT2D eigenvalue weighted by molar-refractivity contribution is 0.0423. The summed E-state index contributed by atoms with van der Waals surface area (Å²) < 4.78 is 12.5. The number of aliphatic hydroxyl groups excluding tert-OH is 1. The maximum Gasteiger partial charge on any atom is 0.120 e. The molecule has 0 aliphatic heterocycles. The molecular weight excluding hydrogens is 432 g/mol. The third-order valence-electron chi connectivity index (χ3n) is 10.7. The molecule has 3 heteroatoms. The summed E-state index contributed by atoms with van der Waals surface area (Å²) in [5.74, 6) is 4.38. The summed E-state index contributed by atoms with van der Waals surface area (Å²) in [6, 6.07) is 17.5. The van der Waals surface area contributed by atoms with Crippen molar-refractivity contribution >= 4 is 0 Å². The maximum absolute atomic E-state index is 9.19. The van der Waals surface area contributed by atoms with Gasteiger partial charge in [-0.25, -0.2) is 0 Å². The Labute approximate surface area is 210 Å². The maximum atomic E-state index is 9.19. The molecule has 0 heterocycles. The topological polar surface area (TPSA) is 38.7 Å². The predicted octanol–water partition coefficient (Wildman–Crippen LogP) is 6.67. The van der Waals surface area contributed by atoms with E-state index < -0.39 is 0 Å². The number of hydrogen-bond donors (Lipinski definition) is 1. The van der Waals surface area contributed by atoms with Crippen LogP contribution in [-0.4, -0.2) is 24.4 Å². The molecule has 0 saturated heterocycles. The minimum Gasteiger partial charge on any atom is -0.489 e. The molecular formula is C32H40O3. The summed E-state index contributed by atoms with van der Waals surface area (Å²) in [5.41, 5.74) is 5.50. The molecule has 0 bridgehead atoms. The van der Waals surface area contributed by atoms with Crippen LogP contribution in [0.2, 0.25) is 0 Å². The van der Waals surface area contributed by atoms with E-state index in [1.807, 2.05) is 0 Å². The Morgan fingerprint density at radius 2 is 1.80 bits per heavy atom. The fourth-order valence-electron chi connectivity index (χ4n) is 9.05.